The molecular weight excluding hydrogens is 232 g/mol. The molecule has 3 atom stereocenters. The number of aryl methyl sites for hydroxylation is 2. The Morgan fingerprint density at radius 1 is 1.21 bits per heavy atom. The lowest BCUT2D eigenvalue weighted by atomic mass is 9.67. The molecule has 1 heteroatoms. The van der Waals surface area contributed by atoms with E-state index in [2.05, 4.69) is 39.0 Å². The van der Waals surface area contributed by atoms with E-state index in [9.17, 15) is 5.11 Å². The summed E-state index contributed by atoms with van der Waals surface area (Å²) in [5, 5.41) is 11.2. The van der Waals surface area contributed by atoms with E-state index in [1.807, 2.05) is 6.92 Å². The number of hydrogen-bond donors (Lipinski definition) is 1. The minimum Gasteiger partial charge on any atom is -0.385 e. The Hall–Kier alpha value is -0.820. The maximum atomic E-state index is 11.2. The van der Waals surface area contributed by atoms with Gasteiger partial charge in [0.2, 0.25) is 0 Å². The molecule has 0 aliphatic heterocycles. The fourth-order valence-electron chi connectivity index (χ4n) is 3.92. The molecule has 3 unspecified atom stereocenters. The third-order valence-electron chi connectivity index (χ3n) is 5.09. The van der Waals surface area contributed by atoms with E-state index in [0.717, 1.165) is 5.56 Å². The van der Waals surface area contributed by atoms with Crippen molar-refractivity contribution in [3.8, 4) is 0 Å². The Morgan fingerprint density at radius 3 is 2.58 bits per heavy atom. The first-order valence-electron chi connectivity index (χ1n) is 7.77. The maximum Gasteiger partial charge on any atom is 0.0901 e. The Balaban J connectivity index is 2.36. The van der Waals surface area contributed by atoms with Gasteiger partial charge in [-0.15, -0.1) is 0 Å². The van der Waals surface area contributed by atoms with Crippen molar-refractivity contribution in [2.45, 2.75) is 65.4 Å². The smallest absolute Gasteiger partial charge is 0.0901 e. The summed E-state index contributed by atoms with van der Waals surface area (Å²) < 4.78 is 0. The summed E-state index contributed by atoms with van der Waals surface area (Å²) >= 11 is 0. The van der Waals surface area contributed by atoms with Gasteiger partial charge in [0.15, 0.2) is 0 Å². The van der Waals surface area contributed by atoms with Crippen LogP contribution in [0, 0.1) is 25.7 Å². The highest BCUT2D eigenvalue weighted by Crippen LogP contribution is 2.44. The van der Waals surface area contributed by atoms with Gasteiger partial charge in [-0.1, -0.05) is 56.4 Å². The zero-order valence-corrected chi connectivity index (χ0v) is 12.9. The molecule has 1 nitrogen and oxygen atoms in total. The molecule has 0 radical (unpaired) electrons. The molecule has 1 aromatic rings. The first kappa shape index (κ1) is 14.6. The van der Waals surface area contributed by atoms with Crippen LogP contribution in [0.15, 0.2) is 18.2 Å². The SMILES string of the molecule is CCC1CCCCC1C(C)(O)c1cc(C)ccc1C. The summed E-state index contributed by atoms with van der Waals surface area (Å²) in [4.78, 5) is 0. The standard InChI is InChI=1S/C18H28O/c1-5-15-8-6-7-9-16(15)18(4,19)17-12-13(2)10-11-14(17)3/h10-12,15-16,19H,5-9H2,1-4H3. The number of rotatable bonds is 3. The van der Waals surface area contributed by atoms with Crippen LogP contribution in [0.3, 0.4) is 0 Å². The summed E-state index contributed by atoms with van der Waals surface area (Å²) in [6.07, 6.45) is 6.23. The lowest BCUT2D eigenvalue weighted by Gasteiger charge is -2.42. The molecule has 1 saturated carbocycles. The molecule has 1 N–H and O–H groups in total. The van der Waals surface area contributed by atoms with Crippen molar-refractivity contribution >= 4 is 0 Å². The van der Waals surface area contributed by atoms with E-state index in [1.54, 1.807) is 0 Å². The number of hydrogen-bond acceptors (Lipinski definition) is 1. The molecule has 1 aromatic carbocycles. The number of aliphatic hydroxyl groups is 1. The molecule has 106 valence electrons. The van der Waals surface area contributed by atoms with Crippen molar-refractivity contribution in [1.82, 2.24) is 0 Å². The van der Waals surface area contributed by atoms with Crippen LogP contribution in [0.2, 0.25) is 0 Å². The van der Waals surface area contributed by atoms with Crippen LogP contribution in [0.25, 0.3) is 0 Å². The van der Waals surface area contributed by atoms with E-state index < -0.39 is 5.60 Å². The zero-order valence-electron chi connectivity index (χ0n) is 12.9. The molecule has 2 rings (SSSR count). The van der Waals surface area contributed by atoms with E-state index in [0.29, 0.717) is 11.8 Å². The highest BCUT2D eigenvalue weighted by atomic mass is 16.3. The minimum absolute atomic E-state index is 0.409. The van der Waals surface area contributed by atoms with E-state index >= 15 is 0 Å². The highest BCUT2D eigenvalue weighted by molar-refractivity contribution is 5.35. The summed E-state index contributed by atoms with van der Waals surface area (Å²) in [6, 6.07) is 6.45. The Bertz CT molecular complexity index is 433. The van der Waals surface area contributed by atoms with Gasteiger partial charge < -0.3 is 5.11 Å². The summed E-state index contributed by atoms with van der Waals surface area (Å²) in [5.41, 5.74) is 2.91. The second-order valence-electron chi connectivity index (χ2n) is 6.53. The zero-order chi connectivity index (χ0) is 14.0. The molecule has 1 fully saturated rings. The van der Waals surface area contributed by atoms with Gasteiger partial charge in [-0.05, 0) is 50.2 Å². The first-order chi connectivity index (χ1) is 8.96. The fourth-order valence-corrected chi connectivity index (χ4v) is 3.92. The van der Waals surface area contributed by atoms with Crippen molar-refractivity contribution in [1.29, 1.82) is 0 Å². The summed E-state index contributed by atoms with van der Waals surface area (Å²) in [6.45, 7) is 8.53. The Kier molecular flexibility index (Phi) is 4.35. The monoisotopic (exact) mass is 260 g/mol. The summed E-state index contributed by atoms with van der Waals surface area (Å²) in [5.74, 6) is 1.08. The largest absolute Gasteiger partial charge is 0.385 e. The molecule has 0 amide bonds. The average Bonchev–Trinajstić information content (AvgIpc) is 2.41. The molecule has 19 heavy (non-hydrogen) atoms. The molecule has 1 aliphatic carbocycles. The van der Waals surface area contributed by atoms with Gasteiger partial charge >= 0.3 is 0 Å². The Morgan fingerprint density at radius 2 is 1.89 bits per heavy atom. The van der Waals surface area contributed by atoms with Crippen LogP contribution in [-0.2, 0) is 5.60 Å². The van der Waals surface area contributed by atoms with Gasteiger partial charge in [0, 0.05) is 0 Å². The van der Waals surface area contributed by atoms with Crippen LogP contribution >= 0.6 is 0 Å². The predicted octanol–water partition coefficient (Wildman–Crippen LogP) is 4.73. The summed E-state index contributed by atoms with van der Waals surface area (Å²) in [7, 11) is 0. The molecular formula is C18H28O. The van der Waals surface area contributed by atoms with E-state index in [-0.39, 0.29) is 0 Å². The quantitative estimate of drug-likeness (QED) is 0.833. The lowest BCUT2D eigenvalue weighted by molar-refractivity contribution is -0.0493. The maximum absolute atomic E-state index is 11.2. The number of benzene rings is 1. The topological polar surface area (TPSA) is 20.2 Å². The molecule has 0 heterocycles. The predicted molar refractivity (Wildman–Crippen MR) is 81.2 cm³/mol. The van der Waals surface area contributed by atoms with Gasteiger partial charge in [0.1, 0.15) is 0 Å². The van der Waals surface area contributed by atoms with Crippen LogP contribution in [0.1, 0.15) is 62.6 Å². The molecule has 0 spiro atoms. The molecule has 1 aliphatic rings. The Labute approximate surface area is 118 Å². The van der Waals surface area contributed by atoms with Crippen LogP contribution in [-0.4, -0.2) is 5.11 Å². The van der Waals surface area contributed by atoms with Gasteiger partial charge in [-0.25, -0.2) is 0 Å². The fraction of sp³-hybridized carbons (Fsp3) is 0.667. The minimum atomic E-state index is -0.683. The van der Waals surface area contributed by atoms with Gasteiger partial charge in [-0.2, -0.15) is 0 Å². The molecule has 0 aromatic heterocycles. The van der Waals surface area contributed by atoms with E-state index in [1.165, 1.54) is 43.2 Å². The van der Waals surface area contributed by atoms with Crippen LogP contribution in [0.4, 0.5) is 0 Å². The van der Waals surface area contributed by atoms with Gasteiger partial charge in [-0.3, -0.25) is 0 Å². The second-order valence-corrected chi connectivity index (χ2v) is 6.53. The first-order valence-corrected chi connectivity index (χ1v) is 7.77. The normalized spacial score (nSPS) is 27.0. The van der Waals surface area contributed by atoms with Gasteiger partial charge in [0.25, 0.3) is 0 Å². The third-order valence-corrected chi connectivity index (χ3v) is 5.09. The van der Waals surface area contributed by atoms with Crippen molar-refractivity contribution in [2.75, 3.05) is 0 Å². The van der Waals surface area contributed by atoms with Gasteiger partial charge in [0.05, 0.1) is 5.60 Å². The average molecular weight is 260 g/mol. The van der Waals surface area contributed by atoms with Crippen molar-refractivity contribution in [2.24, 2.45) is 11.8 Å². The second kappa shape index (κ2) is 5.66. The van der Waals surface area contributed by atoms with Crippen molar-refractivity contribution in [3.05, 3.63) is 34.9 Å². The third kappa shape index (κ3) is 2.86. The highest BCUT2D eigenvalue weighted by Gasteiger charge is 2.40. The molecule has 0 saturated heterocycles. The lowest BCUT2D eigenvalue weighted by Crippen LogP contribution is -2.39. The molecule has 0 bridgehead atoms. The van der Waals surface area contributed by atoms with Crippen molar-refractivity contribution in [3.63, 3.8) is 0 Å². The van der Waals surface area contributed by atoms with Crippen LogP contribution < -0.4 is 0 Å². The van der Waals surface area contributed by atoms with E-state index in [4.69, 9.17) is 0 Å². The van der Waals surface area contributed by atoms with Crippen LogP contribution in [0.5, 0.6) is 0 Å². The van der Waals surface area contributed by atoms with Crippen molar-refractivity contribution < 1.29 is 5.11 Å².